The number of imidazole rings is 1. The zero-order valence-electron chi connectivity index (χ0n) is 18.8. The van der Waals surface area contributed by atoms with Crippen LogP contribution in [0.2, 0.25) is 0 Å². The lowest BCUT2D eigenvalue weighted by atomic mass is 9.92. The number of hydrogen-bond donors (Lipinski definition) is 0. The predicted octanol–water partition coefficient (Wildman–Crippen LogP) is 6.73. The molecule has 0 N–H and O–H groups in total. The summed E-state index contributed by atoms with van der Waals surface area (Å²) in [5.41, 5.74) is 15.1. The molecule has 35 heavy (non-hydrogen) atoms. The second kappa shape index (κ2) is 6.10. The molecule has 7 aromatic rings. The normalized spacial score (nSPS) is 13.5. The van der Waals surface area contributed by atoms with Gasteiger partial charge in [0.25, 0.3) is 0 Å². The molecule has 0 aliphatic heterocycles. The van der Waals surface area contributed by atoms with Crippen LogP contribution in [-0.4, -0.2) is 19.4 Å². The summed E-state index contributed by atoms with van der Waals surface area (Å²) in [5, 5.41) is 3.58. The first-order chi connectivity index (χ1) is 17.4. The Balaban J connectivity index is 1.45. The molecule has 3 aromatic carbocycles. The first-order valence-electron chi connectivity index (χ1n) is 12.0. The zero-order valence-corrected chi connectivity index (χ0v) is 18.8. The van der Waals surface area contributed by atoms with E-state index in [0.717, 1.165) is 45.9 Å². The van der Waals surface area contributed by atoms with Gasteiger partial charge >= 0.3 is 0 Å². The number of nitrogens with zero attached hydrogens (tertiary/aromatic N) is 4. The number of pyridine rings is 3. The van der Waals surface area contributed by atoms with Crippen molar-refractivity contribution in [3.63, 3.8) is 0 Å². The van der Waals surface area contributed by atoms with Gasteiger partial charge in [0.1, 0.15) is 11.2 Å². The van der Waals surface area contributed by atoms with Gasteiger partial charge in [-0.3, -0.25) is 9.38 Å². The van der Waals surface area contributed by atoms with Crippen LogP contribution in [0.4, 0.5) is 0 Å². The Morgan fingerprint density at radius 2 is 1.54 bits per heavy atom. The summed E-state index contributed by atoms with van der Waals surface area (Å²) in [6, 6.07) is 24.2. The Bertz CT molecular complexity index is 2070. The number of fused-ring (bicyclic) bond motifs is 16. The molecule has 4 heteroatoms. The van der Waals surface area contributed by atoms with Gasteiger partial charge in [0.15, 0.2) is 5.65 Å². The monoisotopic (exact) mass is 446 g/mol. The highest BCUT2D eigenvalue weighted by molar-refractivity contribution is 6.17. The van der Waals surface area contributed by atoms with Crippen LogP contribution >= 0.6 is 0 Å². The van der Waals surface area contributed by atoms with E-state index in [-0.39, 0.29) is 0 Å². The van der Waals surface area contributed by atoms with E-state index in [1.165, 1.54) is 49.9 Å². The lowest BCUT2D eigenvalue weighted by Crippen LogP contribution is -1.95. The van der Waals surface area contributed by atoms with Crippen LogP contribution in [0.5, 0.6) is 0 Å². The van der Waals surface area contributed by atoms with E-state index in [4.69, 9.17) is 4.98 Å². The highest BCUT2D eigenvalue weighted by Crippen LogP contribution is 2.51. The molecule has 0 bridgehead atoms. The fourth-order valence-electron chi connectivity index (χ4n) is 6.57. The van der Waals surface area contributed by atoms with E-state index in [0.29, 0.717) is 0 Å². The second-order valence-corrected chi connectivity index (χ2v) is 9.67. The number of hydrogen-bond acceptors (Lipinski definition) is 3. The minimum absolute atomic E-state index is 0.888. The van der Waals surface area contributed by atoms with Crippen molar-refractivity contribution < 1.29 is 0 Å². The van der Waals surface area contributed by atoms with Crippen molar-refractivity contribution in [2.24, 2.45) is 0 Å². The van der Waals surface area contributed by atoms with Crippen LogP contribution in [0.15, 0.2) is 85.3 Å². The van der Waals surface area contributed by atoms with Crippen molar-refractivity contribution in [1.29, 1.82) is 0 Å². The third kappa shape index (κ3) is 2.11. The fourth-order valence-corrected chi connectivity index (χ4v) is 6.57. The molecule has 2 aliphatic carbocycles. The molecular weight excluding hydrogens is 428 g/mol. The van der Waals surface area contributed by atoms with Crippen LogP contribution in [0, 0.1) is 0 Å². The Morgan fingerprint density at radius 1 is 0.657 bits per heavy atom. The minimum atomic E-state index is 0.888. The fraction of sp³-hybridized carbons (Fsp3) is 0.0645. The molecule has 0 unspecified atom stereocenters. The van der Waals surface area contributed by atoms with Gasteiger partial charge in [0, 0.05) is 34.7 Å². The first kappa shape index (κ1) is 17.8. The highest BCUT2D eigenvalue weighted by Gasteiger charge is 2.30. The Morgan fingerprint density at radius 3 is 2.51 bits per heavy atom. The average Bonchev–Trinajstić information content (AvgIpc) is 3.59. The number of rotatable bonds is 0. The van der Waals surface area contributed by atoms with Gasteiger partial charge in [0.2, 0.25) is 0 Å². The lowest BCUT2D eigenvalue weighted by molar-refractivity contribution is 1.23. The maximum Gasteiger partial charge on any atom is 0.164 e. The Kier molecular flexibility index (Phi) is 3.11. The van der Waals surface area contributed by atoms with Crippen LogP contribution in [0.25, 0.3) is 60.7 Å². The van der Waals surface area contributed by atoms with Crippen molar-refractivity contribution >= 4 is 38.5 Å². The molecule has 0 spiro atoms. The van der Waals surface area contributed by atoms with Crippen molar-refractivity contribution in [3.05, 3.63) is 108 Å². The summed E-state index contributed by atoms with van der Waals surface area (Å²) in [7, 11) is 0. The molecule has 4 nitrogen and oxygen atoms in total. The van der Waals surface area contributed by atoms with E-state index < -0.39 is 0 Å². The zero-order chi connectivity index (χ0) is 22.7. The number of aromatic nitrogens is 4. The van der Waals surface area contributed by atoms with Gasteiger partial charge in [-0.2, -0.15) is 0 Å². The Labute approximate surface area is 200 Å². The molecule has 0 amide bonds. The van der Waals surface area contributed by atoms with Gasteiger partial charge in [0.05, 0.1) is 5.52 Å². The van der Waals surface area contributed by atoms with Crippen molar-refractivity contribution in [1.82, 2.24) is 19.4 Å². The third-order valence-electron chi connectivity index (χ3n) is 7.96. The second-order valence-electron chi connectivity index (χ2n) is 9.67. The standard InChI is InChI=1S/C31H18N4/c1-2-5-20-17(4-1)14-18-7-8-19-15-23-21(28(19)27(18)20)9-10-22-29(23)24-16-32-13-11-26(24)35-30(22)34-25-6-3-12-33-31(25)35/h1-13,16H,14-15H2. The SMILES string of the molecule is c1ccc2c(c1)Cc1ccc3c(c1-2)-c1ccc2c(c1C3)c1cnccc1n1c3ncccc3nc21. The van der Waals surface area contributed by atoms with Crippen molar-refractivity contribution in [3.8, 4) is 22.3 Å². The van der Waals surface area contributed by atoms with E-state index in [9.17, 15) is 0 Å². The van der Waals surface area contributed by atoms with Crippen LogP contribution in [0.1, 0.15) is 22.3 Å². The van der Waals surface area contributed by atoms with E-state index in [1.54, 1.807) is 0 Å². The van der Waals surface area contributed by atoms with Gasteiger partial charge in [-0.05, 0) is 81.6 Å². The molecule has 162 valence electrons. The highest BCUT2D eigenvalue weighted by atomic mass is 15.1. The summed E-state index contributed by atoms with van der Waals surface area (Å²) in [4.78, 5) is 14.2. The molecule has 2 aliphatic rings. The smallest absolute Gasteiger partial charge is 0.164 e. The van der Waals surface area contributed by atoms with Gasteiger partial charge in [-0.1, -0.05) is 42.5 Å². The topological polar surface area (TPSA) is 43.1 Å². The average molecular weight is 447 g/mol. The van der Waals surface area contributed by atoms with E-state index in [1.807, 2.05) is 30.7 Å². The molecule has 0 saturated heterocycles. The predicted molar refractivity (Wildman–Crippen MR) is 140 cm³/mol. The van der Waals surface area contributed by atoms with Crippen LogP contribution in [0.3, 0.4) is 0 Å². The summed E-state index contributed by atoms with van der Waals surface area (Å²) in [6.45, 7) is 0. The summed E-state index contributed by atoms with van der Waals surface area (Å²) < 4.78 is 2.19. The largest absolute Gasteiger partial charge is 0.276 e. The van der Waals surface area contributed by atoms with Crippen LogP contribution in [-0.2, 0) is 12.8 Å². The van der Waals surface area contributed by atoms with Crippen molar-refractivity contribution in [2.75, 3.05) is 0 Å². The molecule has 0 saturated carbocycles. The summed E-state index contributed by atoms with van der Waals surface area (Å²) in [6.07, 6.45) is 7.66. The first-order valence-corrected chi connectivity index (χ1v) is 12.0. The van der Waals surface area contributed by atoms with Crippen molar-refractivity contribution in [2.45, 2.75) is 12.8 Å². The lowest BCUT2D eigenvalue weighted by Gasteiger charge is -2.13. The quantitative estimate of drug-likeness (QED) is 0.243. The molecule has 0 radical (unpaired) electrons. The maximum atomic E-state index is 5.04. The molecular formula is C31H18N4. The Hall–Kier alpha value is -4.57. The summed E-state index contributed by atoms with van der Waals surface area (Å²) >= 11 is 0. The molecule has 0 fully saturated rings. The van der Waals surface area contributed by atoms with E-state index >= 15 is 0 Å². The summed E-state index contributed by atoms with van der Waals surface area (Å²) in [5.74, 6) is 0. The van der Waals surface area contributed by atoms with Crippen LogP contribution < -0.4 is 0 Å². The number of benzene rings is 3. The van der Waals surface area contributed by atoms with Gasteiger partial charge < -0.3 is 0 Å². The third-order valence-corrected chi connectivity index (χ3v) is 7.96. The van der Waals surface area contributed by atoms with Gasteiger partial charge in [-0.15, -0.1) is 0 Å². The van der Waals surface area contributed by atoms with E-state index in [2.05, 4.69) is 69.0 Å². The van der Waals surface area contributed by atoms with Gasteiger partial charge in [-0.25, -0.2) is 9.97 Å². The minimum Gasteiger partial charge on any atom is -0.276 e. The molecule has 4 heterocycles. The molecule has 4 aromatic heterocycles. The maximum absolute atomic E-state index is 5.04. The molecule has 0 atom stereocenters. The molecule has 9 rings (SSSR count).